The van der Waals surface area contributed by atoms with Crippen molar-refractivity contribution < 1.29 is 0 Å². The topological polar surface area (TPSA) is 15.3 Å². The van der Waals surface area contributed by atoms with Crippen molar-refractivity contribution in [1.82, 2.24) is 5.32 Å². The third-order valence-electron chi connectivity index (χ3n) is 3.81. The number of hydrogen-bond acceptors (Lipinski definition) is 2. The predicted molar refractivity (Wildman–Crippen MR) is 90.3 cm³/mol. The third kappa shape index (κ3) is 5.54. The first-order chi connectivity index (χ1) is 9.58. The van der Waals surface area contributed by atoms with Gasteiger partial charge < -0.3 is 10.2 Å². The first-order valence-electron chi connectivity index (χ1n) is 8.12. The summed E-state index contributed by atoms with van der Waals surface area (Å²) >= 11 is 0. The van der Waals surface area contributed by atoms with Gasteiger partial charge in [0.2, 0.25) is 0 Å². The van der Waals surface area contributed by atoms with E-state index in [1.54, 1.807) is 0 Å². The van der Waals surface area contributed by atoms with Crippen LogP contribution in [0.1, 0.15) is 46.6 Å². The zero-order valence-electron chi connectivity index (χ0n) is 13.9. The fourth-order valence-electron chi connectivity index (χ4n) is 2.37. The summed E-state index contributed by atoms with van der Waals surface area (Å²) in [5, 5.41) is 3.56. The SMILES string of the molecule is CCC(C)CN(CC)c1ccccc1CNCC(C)C. The molecule has 0 saturated carbocycles. The molecule has 0 heterocycles. The number of benzene rings is 1. The Morgan fingerprint density at radius 1 is 1.10 bits per heavy atom. The van der Waals surface area contributed by atoms with Crippen LogP contribution in [-0.4, -0.2) is 19.6 Å². The van der Waals surface area contributed by atoms with Crippen molar-refractivity contribution >= 4 is 5.69 Å². The summed E-state index contributed by atoms with van der Waals surface area (Å²) in [7, 11) is 0. The lowest BCUT2D eigenvalue weighted by molar-refractivity contribution is 0.540. The van der Waals surface area contributed by atoms with Gasteiger partial charge in [-0.05, 0) is 36.9 Å². The maximum atomic E-state index is 3.56. The smallest absolute Gasteiger partial charge is 0.0411 e. The molecule has 1 aromatic carbocycles. The third-order valence-corrected chi connectivity index (χ3v) is 3.81. The van der Waals surface area contributed by atoms with Crippen LogP contribution in [0.15, 0.2) is 24.3 Å². The molecule has 114 valence electrons. The van der Waals surface area contributed by atoms with Crippen LogP contribution in [0.2, 0.25) is 0 Å². The number of nitrogens with zero attached hydrogens (tertiary/aromatic N) is 1. The fraction of sp³-hybridized carbons (Fsp3) is 0.667. The minimum Gasteiger partial charge on any atom is -0.371 e. The Morgan fingerprint density at radius 3 is 2.40 bits per heavy atom. The first-order valence-corrected chi connectivity index (χ1v) is 8.12. The predicted octanol–water partition coefficient (Wildman–Crippen LogP) is 4.30. The monoisotopic (exact) mass is 276 g/mol. The van der Waals surface area contributed by atoms with Gasteiger partial charge in [-0.2, -0.15) is 0 Å². The maximum absolute atomic E-state index is 3.56. The van der Waals surface area contributed by atoms with Gasteiger partial charge in [0.05, 0.1) is 0 Å². The number of para-hydroxylation sites is 1. The van der Waals surface area contributed by atoms with Gasteiger partial charge >= 0.3 is 0 Å². The lowest BCUT2D eigenvalue weighted by atomic mass is 10.1. The lowest BCUT2D eigenvalue weighted by Crippen LogP contribution is -2.30. The molecule has 0 radical (unpaired) electrons. The molecule has 1 atom stereocenters. The van der Waals surface area contributed by atoms with Crippen LogP contribution < -0.4 is 10.2 Å². The van der Waals surface area contributed by atoms with E-state index in [-0.39, 0.29) is 0 Å². The Bertz CT molecular complexity index is 373. The normalized spacial score (nSPS) is 12.7. The Kier molecular flexibility index (Phi) is 7.68. The summed E-state index contributed by atoms with van der Waals surface area (Å²) < 4.78 is 0. The molecule has 0 fully saturated rings. The molecule has 0 bridgehead atoms. The highest BCUT2D eigenvalue weighted by atomic mass is 15.1. The molecule has 1 rings (SSSR count). The van der Waals surface area contributed by atoms with Crippen LogP contribution in [0, 0.1) is 11.8 Å². The van der Waals surface area contributed by atoms with E-state index in [9.17, 15) is 0 Å². The van der Waals surface area contributed by atoms with Crippen LogP contribution in [0.3, 0.4) is 0 Å². The van der Waals surface area contributed by atoms with Gasteiger partial charge in [-0.15, -0.1) is 0 Å². The number of anilines is 1. The molecule has 1 N–H and O–H groups in total. The second-order valence-corrected chi connectivity index (χ2v) is 6.21. The summed E-state index contributed by atoms with van der Waals surface area (Å²) in [6, 6.07) is 8.81. The van der Waals surface area contributed by atoms with Crippen molar-refractivity contribution in [3.63, 3.8) is 0 Å². The largest absolute Gasteiger partial charge is 0.371 e. The van der Waals surface area contributed by atoms with Crippen molar-refractivity contribution in [2.24, 2.45) is 11.8 Å². The van der Waals surface area contributed by atoms with E-state index >= 15 is 0 Å². The van der Waals surface area contributed by atoms with Crippen molar-refractivity contribution in [1.29, 1.82) is 0 Å². The summed E-state index contributed by atoms with van der Waals surface area (Å²) in [4.78, 5) is 2.51. The lowest BCUT2D eigenvalue weighted by Gasteiger charge is -2.28. The molecular weight excluding hydrogens is 244 g/mol. The van der Waals surface area contributed by atoms with Gasteiger partial charge in [0, 0.05) is 25.3 Å². The Hall–Kier alpha value is -1.02. The van der Waals surface area contributed by atoms with E-state index < -0.39 is 0 Å². The summed E-state index contributed by atoms with van der Waals surface area (Å²) in [6.07, 6.45) is 1.24. The van der Waals surface area contributed by atoms with Gasteiger partial charge in [-0.3, -0.25) is 0 Å². The number of nitrogens with one attached hydrogen (secondary N) is 1. The van der Waals surface area contributed by atoms with E-state index in [1.807, 2.05) is 0 Å². The van der Waals surface area contributed by atoms with Crippen molar-refractivity contribution in [3.8, 4) is 0 Å². The van der Waals surface area contributed by atoms with Crippen LogP contribution in [0.5, 0.6) is 0 Å². The highest BCUT2D eigenvalue weighted by Crippen LogP contribution is 2.22. The average molecular weight is 276 g/mol. The van der Waals surface area contributed by atoms with E-state index in [0.29, 0.717) is 5.92 Å². The Balaban J connectivity index is 2.76. The summed E-state index contributed by atoms with van der Waals surface area (Å²) in [5.41, 5.74) is 2.81. The van der Waals surface area contributed by atoms with Gasteiger partial charge in [-0.1, -0.05) is 52.3 Å². The van der Waals surface area contributed by atoms with E-state index in [1.165, 1.54) is 17.7 Å². The summed E-state index contributed by atoms with van der Waals surface area (Å²) in [5.74, 6) is 1.44. The van der Waals surface area contributed by atoms with Gasteiger partial charge in [0.1, 0.15) is 0 Å². The van der Waals surface area contributed by atoms with Crippen LogP contribution in [-0.2, 0) is 6.54 Å². The van der Waals surface area contributed by atoms with E-state index in [4.69, 9.17) is 0 Å². The van der Waals surface area contributed by atoms with Crippen molar-refractivity contribution in [2.45, 2.75) is 47.6 Å². The zero-order chi connectivity index (χ0) is 15.0. The molecule has 0 aliphatic rings. The summed E-state index contributed by atoms with van der Waals surface area (Å²) in [6.45, 7) is 15.6. The van der Waals surface area contributed by atoms with Crippen LogP contribution >= 0.6 is 0 Å². The zero-order valence-corrected chi connectivity index (χ0v) is 13.9. The molecule has 0 aromatic heterocycles. The van der Waals surface area contributed by atoms with Crippen molar-refractivity contribution in [3.05, 3.63) is 29.8 Å². The van der Waals surface area contributed by atoms with Crippen LogP contribution in [0.4, 0.5) is 5.69 Å². The fourth-order valence-corrected chi connectivity index (χ4v) is 2.37. The number of hydrogen-bond donors (Lipinski definition) is 1. The minimum atomic E-state index is 0.699. The molecule has 20 heavy (non-hydrogen) atoms. The van der Waals surface area contributed by atoms with E-state index in [0.717, 1.165) is 32.1 Å². The molecule has 0 saturated heterocycles. The van der Waals surface area contributed by atoms with Gasteiger partial charge in [-0.25, -0.2) is 0 Å². The highest BCUT2D eigenvalue weighted by molar-refractivity contribution is 5.53. The molecule has 0 aliphatic carbocycles. The first kappa shape index (κ1) is 17.0. The second-order valence-electron chi connectivity index (χ2n) is 6.21. The Morgan fingerprint density at radius 2 is 1.80 bits per heavy atom. The minimum absolute atomic E-state index is 0.699. The highest BCUT2D eigenvalue weighted by Gasteiger charge is 2.11. The van der Waals surface area contributed by atoms with Crippen molar-refractivity contribution in [2.75, 3.05) is 24.5 Å². The molecule has 1 aromatic rings. The molecule has 2 nitrogen and oxygen atoms in total. The molecule has 0 spiro atoms. The molecular formula is C18H32N2. The average Bonchev–Trinajstić information content (AvgIpc) is 2.44. The van der Waals surface area contributed by atoms with Gasteiger partial charge in [0.25, 0.3) is 0 Å². The molecule has 0 aliphatic heterocycles. The van der Waals surface area contributed by atoms with E-state index in [2.05, 4.69) is 69.1 Å². The second kappa shape index (κ2) is 9.02. The maximum Gasteiger partial charge on any atom is 0.0411 e. The van der Waals surface area contributed by atoms with Gasteiger partial charge in [0.15, 0.2) is 0 Å². The molecule has 0 amide bonds. The molecule has 1 unspecified atom stereocenters. The van der Waals surface area contributed by atoms with Crippen LogP contribution in [0.25, 0.3) is 0 Å². The number of rotatable bonds is 9. The molecule has 2 heteroatoms. The standard InChI is InChI=1S/C18H32N2/c1-6-16(5)14-20(7-2)18-11-9-8-10-17(18)13-19-12-15(3)4/h8-11,15-16,19H,6-7,12-14H2,1-5H3. The quantitative estimate of drug-likeness (QED) is 0.723. The Labute approximate surface area is 125 Å².